The molecule has 27 heavy (non-hydrogen) atoms. The molecule has 0 unspecified atom stereocenters. The first kappa shape index (κ1) is 17.1. The molecule has 0 aliphatic carbocycles. The number of fused-ring (bicyclic) bond motifs is 1. The summed E-state index contributed by atoms with van der Waals surface area (Å²) in [6.07, 6.45) is 1.50. The van der Waals surface area contributed by atoms with Crippen molar-refractivity contribution in [1.29, 1.82) is 0 Å². The summed E-state index contributed by atoms with van der Waals surface area (Å²) in [6.45, 7) is 0. The number of benzene rings is 1. The zero-order valence-corrected chi connectivity index (χ0v) is 15.1. The van der Waals surface area contributed by atoms with Crippen LogP contribution in [-0.2, 0) is 4.79 Å². The van der Waals surface area contributed by atoms with Crippen LogP contribution in [0.15, 0.2) is 64.4 Å². The highest BCUT2D eigenvalue weighted by molar-refractivity contribution is 7.99. The third kappa shape index (κ3) is 3.77. The van der Waals surface area contributed by atoms with Crippen LogP contribution in [0.25, 0.3) is 16.9 Å². The number of nitrogens with zero attached hydrogens (tertiary/aromatic N) is 4. The average Bonchev–Trinajstić information content (AvgIpc) is 3.35. The molecule has 1 aromatic carbocycles. The molecule has 4 aromatic rings. The van der Waals surface area contributed by atoms with Gasteiger partial charge in [0.2, 0.25) is 11.1 Å². The molecule has 0 spiro atoms. The van der Waals surface area contributed by atoms with Crippen LogP contribution in [0.2, 0.25) is 0 Å². The summed E-state index contributed by atoms with van der Waals surface area (Å²) >= 11 is 1.25. The maximum atomic E-state index is 12.0. The van der Waals surface area contributed by atoms with Gasteiger partial charge >= 0.3 is 0 Å². The molecule has 8 nitrogen and oxygen atoms in total. The van der Waals surface area contributed by atoms with E-state index < -0.39 is 0 Å². The summed E-state index contributed by atoms with van der Waals surface area (Å²) in [5.41, 5.74) is 2.27. The van der Waals surface area contributed by atoms with Gasteiger partial charge in [-0.25, -0.2) is 0 Å². The van der Waals surface area contributed by atoms with Gasteiger partial charge in [-0.1, -0.05) is 23.9 Å². The van der Waals surface area contributed by atoms with Crippen molar-refractivity contribution in [2.45, 2.75) is 5.16 Å². The normalized spacial score (nSPS) is 10.9. The largest absolute Gasteiger partial charge is 0.497 e. The zero-order valence-electron chi connectivity index (χ0n) is 14.3. The number of aromatic nitrogens is 4. The van der Waals surface area contributed by atoms with Gasteiger partial charge in [0.1, 0.15) is 5.75 Å². The zero-order chi connectivity index (χ0) is 18.6. The molecule has 3 aromatic heterocycles. The molecule has 136 valence electrons. The molecular formula is C18H15N5O3S. The molecule has 1 amide bonds. The molecule has 0 radical (unpaired) electrons. The summed E-state index contributed by atoms with van der Waals surface area (Å²) in [4.78, 5) is 12.0. The number of nitrogens with one attached hydrogen (secondary N) is 1. The van der Waals surface area contributed by atoms with Crippen LogP contribution in [-0.4, -0.2) is 38.6 Å². The van der Waals surface area contributed by atoms with Crippen molar-refractivity contribution < 1.29 is 13.9 Å². The van der Waals surface area contributed by atoms with E-state index in [1.54, 1.807) is 23.8 Å². The first-order chi connectivity index (χ1) is 13.2. The standard InChI is InChI=1S/C18H15N5O3S/c1-25-13-5-2-4-12(10-13)14-7-8-15-20-21-18(23(15)22-14)27-11-16(24)19-17-6-3-9-26-17/h2-10H,11H2,1H3,(H,19,24). The van der Waals surface area contributed by atoms with E-state index in [0.717, 1.165) is 17.0 Å². The molecule has 0 saturated carbocycles. The van der Waals surface area contributed by atoms with Gasteiger partial charge < -0.3 is 9.15 Å². The van der Waals surface area contributed by atoms with Crippen LogP contribution in [0.4, 0.5) is 5.88 Å². The summed E-state index contributed by atoms with van der Waals surface area (Å²) in [5.74, 6) is 1.12. The number of hydrogen-bond acceptors (Lipinski definition) is 7. The van der Waals surface area contributed by atoms with Crippen LogP contribution in [0, 0.1) is 0 Å². The Morgan fingerprint density at radius 1 is 1.22 bits per heavy atom. The van der Waals surface area contributed by atoms with E-state index in [9.17, 15) is 4.79 Å². The smallest absolute Gasteiger partial charge is 0.237 e. The average molecular weight is 381 g/mol. The van der Waals surface area contributed by atoms with E-state index in [0.29, 0.717) is 16.7 Å². The van der Waals surface area contributed by atoms with Gasteiger partial charge in [0, 0.05) is 11.6 Å². The summed E-state index contributed by atoms with van der Waals surface area (Å²) in [7, 11) is 1.62. The summed E-state index contributed by atoms with van der Waals surface area (Å²) in [6, 6.07) is 14.7. The predicted octanol–water partition coefficient (Wildman–Crippen LogP) is 3.12. The Hall–Kier alpha value is -3.33. The van der Waals surface area contributed by atoms with E-state index >= 15 is 0 Å². The van der Waals surface area contributed by atoms with Gasteiger partial charge in [0.25, 0.3) is 0 Å². The number of ether oxygens (including phenoxy) is 1. The highest BCUT2D eigenvalue weighted by Gasteiger charge is 2.12. The van der Waals surface area contributed by atoms with E-state index in [4.69, 9.17) is 9.15 Å². The Morgan fingerprint density at radius 2 is 2.15 bits per heavy atom. The maximum Gasteiger partial charge on any atom is 0.237 e. The molecule has 0 aliphatic rings. The lowest BCUT2D eigenvalue weighted by molar-refractivity contribution is -0.113. The molecule has 4 rings (SSSR count). The second-order valence-electron chi connectivity index (χ2n) is 5.52. The van der Waals surface area contributed by atoms with Gasteiger partial charge in [-0.2, -0.15) is 9.61 Å². The topological polar surface area (TPSA) is 94.5 Å². The molecular weight excluding hydrogens is 366 g/mol. The Balaban J connectivity index is 1.54. The van der Waals surface area contributed by atoms with E-state index in [-0.39, 0.29) is 11.7 Å². The van der Waals surface area contributed by atoms with Crippen LogP contribution in [0.5, 0.6) is 5.75 Å². The molecule has 0 aliphatic heterocycles. The number of carbonyl (C=O) groups excluding carboxylic acids is 1. The van der Waals surface area contributed by atoms with Crippen molar-refractivity contribution in [3.05, 3.63) is 54.8 Å². The van der Waals surface area contributed by atoms with E-state index in [1.165, 1.54) is 18.0 Å². The van der Waals surface area contributed by atoms with Crippen molar-refractivity contribution >= 4 is 29.2 Å². The SMILES string of the molecule is COc1cccc(-c2ccc3nnc(SCC(=O)Nc4ccco4)n3n2)c1. The number of amides is 1. The lowest BCUT2D eigenvalue weighted by Gasteiger charge is -2.05. The first-order valence-electron chi connectivity index (χ1n) is 8.06. The Bertz CT molecular complexity index is 1080. The predicted molar refractivity (Wildman–Crippen MR) is 101 cm³/mol. The van der Waals surface area contributed by atoms with Crippen molar-refractivity contribution in [2.24, 2.45) is 0 Å². The first-order valence-corrected chi connectivity index (χ1v) is 9.04. The number of carbonyl (C=O) groups is 1. The molecule has 1 N–H and O–H groups in total. The fraction of sp³-hybridized carbons (Fsp3) is 0.111. The molecule has 0 atom stereocenters. The number of furan rings is 1. The van der Waals surface area contributed by atoms with E-state index in [2.05, 4.69) is 20.6 Å². The van der Waals surface area contributed by atoms with Gasteiger partial charge in [-0.3, -0.25) is 10.1 Å². The fourth-order valence-corrected chi connectivity index (χ4v) is 3.14. The maximum absolute atomic E-state index is 12.0. The highest BCUT2D eigenvalue weighted by atomic mass is 32.2. The third-order valence-electron chi connectivity index (χ3n) is 3.72. The van der Waals surface area contributed by atoms with Crippen molar-refractivity contribution in [1.82, 2.24) is 19.8 Å². The van der Waals surface area contributed by atoms with Crippen LogP contribution >= 0.6 is 11.8 Å². The second kappa shape index (κ2) is 7.50. The Kier molecular flexibility index (Phi) is 4.75. The minimum atomic E-state index is -0.198. The molecule has 0 bridgehead atoms. The lowest BCUT2D eigenvalue weighted by atomic mass is 10.1. The van der Waals surface area contributed by atoms with Gasteiger partial charge in [0.15, 0.2) is 11.5 Å². The van der Waals surface area contributed by atoms with Crippen LogP contribution in [0.1, 0.15) is 0 Å². The number of anilines is 1. The Morgan fingerprint density at radius 3 is 2.96 bits per heavy atom. The number of rotatable bonds is 6. The third-order valence-corrected chi connectivity index (χ3v) is 4.64. The van der Waals surface area contributed by atoms with E-state index in [1.807, 2.05) is 36.4 Å². The quantitative estimate of drug-likeness (QED) is 0.513. The second-order valence-corrected chi connectivity index (χ2v) is 6.46. The Labute approximate surface area is 158 Å². The summed E-state index contributed by atoms with van der Waals surface area (Å²) < 4.78 is 12.0. The van der Waals surface area contributed by atoms with Gasteiger partial charge in [-0.15, -0.1) is 10.2 Å². The van der Waals surface area contributed by atoms with Crippen LogP contribution < -0.4 is 10.1 Å². The van der Waals surface area contributed by atoms with Crippen molar-refractivity contribution in [3.63, 3.8) is 0 Å². The number of thioether (sulfide) groups is 1. The van der Waals surface area contributed by atoms with Gasteiger partial charge in [-0.05, 0) is 30.3 Å². The van der Waals surface area contributed by atoms with Crippen molar-refractivity contribution in [2.75, 3.05) is 18.2 Å². The lowest BCUT2D eigenvalue weighted by Crippen LogP contribution is -2.13. The summed E-state index contributed by atoms with van der Waals surface area (Å²) in [5, 5.41) is 16.0. The molecule has 0 fully saturated rings. The number of methoxy groups -OCH3 is 1. The van der Waals surface area contributed by atoms with Crippen LogP contribution in [0.3, 0.4) is 0 Å². The fourth-order valence-electron chi connectivity index (χ4n) is 2.45. The molecule has 3 heterocycles. The monoisotopic (exact) mass is 381 g/mol. The van der Waals surface area contributed by atoms with Gasteiger partial charge in [0.05, 0.1) is 24.8 Å². The molecule has 9 heteroatoms. The minimum Gasteiger partial charge on any atom is -0.497 e. The highest BCUT2D eigenvalue weighted by Crippen LogP contribution is 2.24. The van der Waals surface area contributed by atoms with Crippen molar-refractivity contribution in [3.8, 4) is 17.0 Å². The minimum absolute atomic E-state index is 0.159. The molecule has 0 saturated heterocycles. The number of hydrogen-bond donors (Lipinski definition) is 1.